The van der Waals surface area contributed by atoms with E-state index >= 15 is 8.22 Å². The van der Waals surface area contributed by atoms with E-state index < -0.39 is 51.0 Å². The van der Waals surface area contributed by atoms with Gasteiger partial charge in [-0.05, 0) is 65.5 Å². The monoisotopic (exact) mass is 439 g/mol. The third-order valence-electron chi connectivity index (χ3n) is 4.44. The highest BCUT2D eigenvalue weighted by atomic mass is 31.2. The summed E-state index contributed by atoms with van der Waals surface area (Å²) in [5, 5.41) is 0. The minimum absolute atomic E-state index is 1.32. The summed E-state index contributed by atoms with van der Waals surface area (Å²) in [5.41, 5.74) is 0. The van der Waals surface area contributed by atoms with Crippen LogP contribution in [0.25, 0.3) is 0 Å². The van der Waals surface area contributed by atoms with Crippen molar-refractivity contribution in [3.8, 4) is 0 Å². The second-order valence-electron chi connectivity index (χ2n) is 8.50. The van der Waals surface area contributed by atoms with Crippen molar-refractivity contribution in [3.63, 3.8) is 0 Å². The van der Waals surface area contributed by atoms with Gasteiger partial charge in [-0.15, -0.1) is 0 Å². The Bertz CT molecular complexity index is 430. The molecule has 0 unspecified atom stereocenters. The van der Waals surface area contributed by atoms with Crippen LogP contribution in [-0.4, -0.2) is 54.1 Å². The molecule has 23 heavy (non-hydrogen) atoms. The standard InChI is InChI=1S/C10H30F4N3PSi5/c1-19(2,13)16-21(5,6)15(18(11)12)22(7,8)17(20(3,4)14)23(16,9)10/h1-10H3. The molecule has 13 heteroatoms. The first-order chi connectivity index (χ1) is 9.80. The maximum Gasteiger partial charge on any atom is 0.334 e. The van der Waals surface area contributed by atoms with Gasteiger partial charge in [-0.25, -0.2) is 4.00 Å². The van der Waals surface area contributed by atoms with Crippen molar-refractivity contribution in [2.24, 2.45) is 0 Å². The van der Waals surface area contributed by atoms with Gasteiger partial charge in [0.2, 0.25) is 0 Å². The number of hydrogen-bond acceptors (Lipinski definition) is 3. The highest BCUT2D eigenvalue weighted by Crippen LogP contribution is 2.56. The van der Waals surface area contributed by atoms with Crippen LogP contribution in [0.4, 0.5) is 16.6 Å². The van der Waals surface area contributed by atoms with Crippen LogP contribution < -0.4 is 0 Å². The Kier molecular flexibility index (Phi) is 5.86. The van der Waals surface area contributed by atoms with E-state index in [0.29, 0.717) is 0 Å². The second kappa shape index (κ2) is 6.08. The topological polar surface area (TPSA) is 9.72 Å². The molecule has 0 amide bonds. The van der Waals surface area contributed by atoms with E-state index in [1.54, 1.807) is 26.2 Å². The van der Waals surface area contributed by atoms with Crippen molar-refractivity contribution in [2.45, 2.75) is 65.5 Å². The molecule has 0 bridgehead atoms. The predicted molar refractivity (Wildman–Crippen MR) is 104 cm³/mol. The quantitative estimate of drug-likeness (QED) is 0.248. The Balaban J connectivity index is 3.77. The molecule has 0 saturated carbocycles. The molecule has 1 saturated heterocycles. The minimum Gasteiger partial charge on any atom is -0.319 e. The summed E-state index contributed by atoms with van der Waals surface area (Å²) in [6.07, 6.45) is 0. The van der Waals surface area contributed by atoms with Gasteiger partial charge in [0.05, 0.1) is 0 Å². The molecule has 0 N–H and O–H groups in total. The van der Waals surface area contributed by atoms with Gasteiger partial charge in [-0.2, -0.15) is 8.39 Å². The molecule has 0 aliphatic carbocycles. The average Bonchev–Trinajstić information content (AvgIpc) is 2.02. The van der Waals surface area contributed by atoms with Gasteiger partial charge in [-0.1, -0.05) is 0 Å². The van der Waals surface area contributed by atoms with Gasteiger partial charge in [0, 0.05) is 0 Å². The molecular formula is C10H30F4N3PSi5. The summed E-state index contributed by atoms with van der Waals surface area (Å²) >= 11 is 0. The van der Waals surface area contributed by atoms with Crippen molar-refractivity contribution in [3.05, 3.63) is 0 Å². The third-order valence-corrected chi connectivity index (χ3v) is 40.0. The normalized spacial score (nSPS) is 26.7. The molecule has 0 spiro atoms. The van der Waals surface area contributed by atoms with Crippen LogP contribution >= 0.6 is 8.69 Å². The molecule has 0 aromatic rings. The Hall–Kier alpha value is 1.11. The highest BCUT2D eigenvalue weighted by molar-refractivity contribution is 7.51. The predicted octanol–water partition coefficient (Wildman–Crippen LogP) is 5.52. The van der Waals surface area contributed by atoms with Crippen molar-refractivity contribution >= 4 is 51.0 Å². The lowest BCUT2D eigenvalue weighted by Gasteiger charge is -2.69. The molecule has 3 nitrogen and oxygen atoms in total. The van der Waals surface area contributed by atoms with Crippen LogP contribution in [0.2, 0.25) is 65.5 Å². The van der Waals surface area contributed by atoms with E-state index in [2.05, 4.69) is 0 Å². The van der Waals surface area contributed by atoms with Crippen LogP contribution in [0.3, 0.4) is 0 Å². The van der Waals surface area contributed by atoms with Gasteiger partial charge >= 0.3 is 25.8 Å². The lowest BCUT2D eigenvalue weighted by atomic mass is 11.9. The number of rotatable bonds is 3. The zero-order valence-electron chi connectivity index (χ0n) is 15.8. The zero-order valence-corrected chi connectivity index (χ0v) is 21.7. The number of nitrogens with zero attached hydrogens (tertiary/aromatic N) is 3. The Morgan fingerprint density at radius 2 is 0.913 bits per heavy atom. The van der Waals surface area contributed by atoms with Crippen molar-refractivity contribution in [1.82, 2.24) is 11.8 Å². The van der Waals surface area contributed by atoms with Gasteiger partial charge in [0.15, 0.2) is 25.2 Å². The fourth-order valence-electron chi connectivity index (χ4n) is 5.27. The van der Waals surface area contributed by atoms with E-state index in [4.69, 9.17) is 0 Å². The molecule has 138 valence electrons. The van der Waals surface area contributed by atoms with E-state index in [1.165, 1.54) is 4.00 Å². The number of hydrogen-bond donors (Lipinski definition) is 0. The zero-order chi connectivity index (χ0) is 18.8. The summed E-state index contributed by atoms with van der Waals surface area (Å²) in [6, 6.07) is 0. The molecule has 0 radical (unpaired) electrons. The first-order valence-electron chi connectivity index (χ1n) is 7.70. The van der Waals surface area contributed by atoms with E-state index in [9.17, 15) is 8.39 Å². The number of halogens is 4. The van der Waals surface area contributed by atoms with Gasteiger partial charge in [0.25, 0.3) is 0 Å². The first kappa shape index (κ1) is 22.2. The smallest absolute Gasteiger partial charge is 0.319 e. The molecule has 0 aromatic heterocycles. The van der Waals surface area contributed by atoms with Crippen molar-refractivity contribution in [1.29, 1.82) is 0 Å². The summed E-state index contributed by atoms with van der Waals surface area (Å²) in [5.74, 6) is 0. The summed E-state index contributed by atoms with van der Waals surface area (Å²) in [4.78, 5) is 0. The largest absolute Gasteiger partial charge is 0.334 e. The molecule has 1 fully saturated rings. The lowest BCUT2D eigenvalue weighted by Crippen LogP contribution is -2.93. The second-order valence-corrected chi connectivity index (χ2v) is 31.4. The van der Waals surface area contributed by atoms with Gasteiger partial charge in [-0.3, -0.25) is 8.22 Å². The van der Waals surface area contributed by atoms with Crippen LogP contribution in [-0.2, 0) is 0 Å². The molecule has 0 aromatic carbocycles. The summed E-state index contributed by atoms with van der Waals surface area (Å²) in [6.45, 7) is 17.4. The third kappa shape index (κ3) is 3.65. The van der Waals surface area contributed by atoms with Crippen LogP contribution in [0.5, 0.6) is 0 Å². The Morgan fingerprint density at radius 3 is 1.09 bits per heavy atom. The maximum atomic E-state index is 15.3. The fourth-order valence-corrected chi connectivity index (χ4v) is 52.6. The summed E-state index contributed by atoms with van der Waals surface area (Å²) < 4.78 is 63.7. The first-order valence-corrected chi connectivity index (χ1v) is 23.1. The van der Waals surface area contributed by atoms with Gasteiger partial charge < -0.3 is 7.79 Å². The minimum atomic E-state index is -3.38. The highest BCUT2D eigenvalue weighted by Gasteiger charge is 2.70. The SMILES string of the molecule is C[Si](C)(F)N1[Si](C)(C)N(P(F)F)[Si](C)(C)N([Si](C)(C)F)[Si]1(C)C. The van der Waals surface area contributed by atoms with Crippen molar-refractivity contribution < 1.29 is 16.6 Å². The van der Waals surface area contributed by atoms with Crippen molar-refractivity contribution in [2.75, 3.05) is 0 Å². The maximum absolute atomic E-state index is 15.3. The van der Waals surface area contributed by atoms with E-state index in [-0.39, 0.29) is 0 Å². The molecule has 1 rings (SSSR count). The Labute approximate surface area is 145 Å². The lowest BCUT2D eigenvalue weighted by molar-refractivity contribution is 0.537. The molecular weight excluding hydrogens is 410 g/mol. The van der Waals surface area contributed by atoms with Crippen LogP contribution in [0, 0.1) is 0 Å². The average molecular weight is 440 g/mol. The molecule has 1 aliphatic rings. The van der Waals surface area contributed by atoms with E-state index in [0.717, 1.165) is 0 Å². The molecule has 1 heterocycles. The Morgan fingerprint density at radius 1 is 0.652 bits per heavy atom. The molecule has 0 atom stereocenters. The van der Waals surface area contributed by atoms with Crippen LogP contribution in [0.15, 0.2) is 0 Å². The van der Waals surface area contributed by atoms with Gasteiger partial charge in [0.1, 0.15) is 0 Å². The molecule has 1 aliphatic heterocycles. The fraction of sp³-hybridized carbons (Fsp3) is 1.00. The van der Waals surface area contributed by atoms with Crippen LogP contribution in [0.1, 0.15) is 0 Å². The summed E-state index contributed by atoms with van der Waals surface area (Å²) in [7, 11) is -18.5. The van der Waals surface area contributed by atoms with E-state index in [1.807, 2.05) is 47.1 Å².